The standard InChI is InChI=1S/C22H13Cl3F3N3O4S/c23-14-5-13(10-29)6-15(8-14)35-20-7-12(1-3-17(20)24)11-31(21(32)22(26,27)28)19-4-2-16(9-18(19)25)36(30,33)34/h1-9H,11H2,(H2,30,33,34). The second-order valence-electron chi connectivity index (χ2n) is 7.20. The van der Waals surface area contributed by atoms with Gasteiger partial charge in [0.05, 0.1) is 38.8 Å². The van der Waals surface area contributed by atoms with Crippen LogP contribution in [0.1, 0.15) is 11.1 Å². The van der Waals surface area contributed by atoms with Gasteiger partial charge in [-0.05, 0) is 54.1 Å². The normalized spacial score (nSPS) is 11.6. The van der Waals surface area contributed by atoms with Crippen LogP contribution in [0.5, 0.6) is 11.5 Å². The van der Waals surface area contributed by atoms with Crippen LogP contribution in [0, 0.1) is 11.3 Å². The molecule has 3 aromatic carbocycles. The van der Waals surface area contributed by atoms with E-state index in [1.165, 1.54) is 36.4 Å². The molecule has 0 aromatic heterocycles. The van der Waals surface area contributed by atoms with Crippen LogP contribution in [0.25, 0.3) is 0 Å². The van der Waals surface area contributed by atoms with E-state index in [0.29, 0.717) is 4.90 Å². The Hall–Kier alpha value is -3.01. The van der Waals surface area contributed by atoms with Crippen molar-refractivity contribution in [3.05, 3.63) is 80.8 Å². The molecule has 0 aliphatic carbocycles. The molecule has 0 aliphatic rings. The fraction of sp³-hybridized carbons (Fsp3) is 0.0909. The minimum absolute atomic E-state index is 0.00963. The van der Waals surface area contributed by atoms with Crippen LogP contribution < -0.4 is 14.8 Å². The van der Waals surface area contributed by atoms with Gasteiger partial charge < -0.3 is 4.74 Å². The summed E-state index contributed by atoms with van der Waals surface area (Å²) < 4.78 is 68.9. The number of sulfonamides is 1. The number of carbonyl (C=O) groups is 1. The summed E-state index contributed by atoms with van der Waals surface area (Å²) in [6, 6.07) is 12.8. The quantitative estimate of drug-likeness (QED) is 0.382. The highest BCUT2D eigenvalue weighted by Gasteiger charge is 2.43. The molecule has 0 atom stereocenters. The summed E-state index contributed by atoms with van der Waals surface area (Å²) in [5, 5.41) is 14.0. The lowest BCUT2D eigenvalue weighted by molar-refractivity contribution is -0.170. The lowest BCUT2D eigenvalue weighted by atomic mass is 10.1. The van der Waals surface area contributed by atoms with E-state index < -0.39 is 44.3 Å². The van der Waals surface area contributed by atoms with Gasteiger partial charge in [-0.1, -0.05) is 40.9 Å². The first-order valence-electron chi connectivity index (χ1n) is 9.57. The smallest absolute Gasteiger partial charge is 0.456 e. The third-order valence-corrected chi connectivity index (χ3v) is 6.33. The van der Waals surface area contributed by atoms with Crippen molar-refractivity contribution in [1.29, 1.82) is 5.26 Å². The number of anilines is 1. The highest BCUT2D eigenvalue weighted by atomic mass is 35.5. The van der Waals surface area contributed by atoms with E-state index in [1.807, 2.05) is 6.07 Å². The molecule has 0 fully saturated rings. The van der Waals surface area contributed by atoms with Gasteiger partial charge in [0.1, 0.15) is 11.5 Å². The average molecular weight is 579 g/mol. The highest BCUT2D eigenvalue weighted by molar-refractivity contribution is 7.89. The third kappa shape index (κ3) is 6.60. The molecule has 0 heterocycles. The van der Waals surface area contributed by atoms with Gasteiger partial charge in [-0.15, -0.1) is 0 Å². The van der Waals surface area contributed by atoms with Gasteiger partial charge in [-0.2, -0.15) is 18.4 Å². The van der Waals surface area contributed by atoms with Crippen molar-refractivity contribution in [2.24, 2.45) is 5.14 Å². The summed E-state index contributed by atoms with van der Waals surface area (Å²) in [5.74, 6) is -2.10. The van der Waals surface area contributed by atoms with Crippen LogP contribution in [0.4, 0.5) is 18.9 Å². The molecule has 188 valence electrons. The molecule has 0 spiro atoms. The Bertz CT molecular complexity index is 1490. The molecule has 0 saturated heterocycles. The van der Waals surface area contributed by atoms with Crippen molar-refractivity contribution in [3.8, 4) is 17.6 Å². The Morgan fingerprint density at radius 1 is 1.03 bits per heavy atom. The fourth-order valence-corrected chi connectivity index (χ4v) is 4.29. The lowest BCUT2D eigenvalue weighted by Gasteiger charge is -2.25. The zero-order valence-corrected chi connectivity index (χ0v) is 20.8. The molecule has 2 N–H and O–H groups in total. The van der Waals surface area contributed by atoms with Crippen LogP contribution in [0.3, 0.4) is 0 Å². The summed E-state index contributed by atoms with van der Waals surface area (Å²) in [6.45, 7) is -0.640. The third-order valence-electron chi connectivity index (χ3n) is 4.59. The Kier molecular flexibility index (Phi) is 8.07. The zero-order chi connectivity index (χ0) is 26.8. The van der Waals surface area contributed by atoms with Gasteiger partial charge in [0.15, 0.2) is 0 Å². The number of hydrogen-bond acceptors (Lipinski definition) is 5. The van der Waals surface area contributed by atoms with Crippen molar-refractivity contribution < 1.29 is 31.1 Å². The van der Waals surface area contributed by atoms with Crippen LogP contribution >= 0.6 is 34.8 Å². The molecule has 3 aromatic rings. The molecule has 3 rings (SSSR count). The molecule has 7 nitrogen and oxygen atoms in total. The molecular formula is C22H13Cl3F3N3O4S. The van der Waals surface area contributed by atoms with Gasteiger partial charge in [0.25, 0.3) is 0 Å². The number of hydrogen-bond donors (Lipinski definition) is 1. The first-order chi connectivity index (χ1) is 16.7. The first-order valence-corrected chi connectivity index (χ1v) is 12.2. The van der Waals surface area contributed by atoms with Gasteiger partial charge in [-0.25, -0.2) is 13.6 Å². The Labute approximate surface area is 218 Å². The van der Waals surface area contributed by atoms with Crippen molar-refractivity contribution in [3.63, 3.8) is 0 Å². The maximum atomic E-state index is 13.4. The minimum Gasteiger partial charge on any atom is -0.456 e. The van der Waals surface area contributed by atoms with Crippen LogP contribution in [0.2, 0.25) is 15.1 Å². The number of benzene rings is 3. The molecule has 0 radical (unpaired) electrons. The summed E-state index contributed by atoms with van der Waals surface area (Å²) >= 11 is 18.2. The summed E-state index contributed by atoms with van der Waals surface area (Å²) in [6.07, 6.45) is -5.28. The van der Waals surface area contributed by atoms with Crippen molar-refractivity contribution in [1.82, 2.24) is 0 Å². The summed E-state index contributed by atoms with van der Waals surface area (Å²) in [5.41, 5.74) is -0.0530. The largest absolute Gasteiger partial charge is 0.471 e. The number of nitriles is 1. The maximum Gasteiger partial charge on any atom is 0.471 e. The summed E-state index contributed by atoms with van der Waals surface area (Å²) in [7, 11) is -4.19. The number of rotatable bonds is 6. The van der Waals surface area contributed by atoms with E-state index in [2.05, 4.69) is 0 Å². The monoisotopic (exact) mass is 577 g/mol. The van der Waals surface area contributed by atoms with E-state index in [1.54, 1.807) is 0 Å². The molecule has 0 aliphatic heterocycles. The summed E-state index contributed by atoms with van der Waals surface area (Å²) in [4.78, 5) is 12.1. The number of carbonyl (C=O) groups excluding carboxylic acids is 1. The van der Waals surface area contributed by atoms with E-state index >= 15 is 0 Å². The second kappa shape index (κ2) is 10.5. The van der Waals surface area contributed by atoms with E-state index in [-0.39, 0.29) is 32.7 Å². The molecule has 14 heteroatoms. The van der Waals surface area contributed by atoms with Crippen LogP contribution in [-0.2, 0) is 21.4 Å². The number of nitrogens with two attached hydrogens (primary N) is 1. The Morgan fingerprint density at radius 2 is 1.72 bits per heavy atom. The molecule has 0 unspecified atom stereocenters. The lowest BCUT2D eigenvalue weighted by Crippen LogP contribution is -2.41. The first kappa shape index (κ1) is 27.6. The predicted octanol–water partition coefficient (Wildman–Crippen LogP) is 6.05. The van der Waals surface area contributed by atoms with E-state index in [9.17, 15) is 26.4 Å². The van der Waals surface area contributed by atoms with Crippen molar-refractivity contribution >= 4 is 56.4 Å². The molecular weight excluding hydrogens is 566 g/mol. The Morgan fingerprint density at radius 3 is 2.31 bits per heavy atom. The molecule has 0 bridgehead atoms. The molecule has 1 amide bonds. The SMILES string of the molecule is N#Cc1cc(Cl)cc(Oc2cc(CN(C(=O)C(F)(F)F)c3ccc(S(N)(=O)=O)cc3Cl)ccc2Cl)c1. The van der Waals surface area contributed by atoms with Gasteiger partial charge in [0, 0.05) is 5.02 Å². The Balaban J connectivity index is 2.02. The number of halogens is 6. The predicted molar refractivity (Wildman–Crippen MR) is 128 cm³/mol. The van der Waals surface area contributed by atoms with E-state index in [0.717, 1.165) is 18.2 Å². The number of nitrogens with zero attached hydrogens (tertiary/aromatic N) is 2. The number of primary sulfonamides is 1. The van der Waals surface area contributed by atoms with Crippen molar-refractivity contribution in [2.45, 2.75) is 17.6 Å². The average Bonchev–Trinajstić information content (AvgIpc) is 2.77. The number of alkyl halides is 3. The number of amides is 1. The van der Waals surface area contributed by atoms with Crippen LogP contribution in [-0.4, -0.2) is 20.5 Å². The van der Waals surface area contributed by atoms with Gasteiger partial charge in [0.2, 0.25) is 10.0 Å². The van der Waals surface area contributed by atoms with E-state index in [4.69, 9.17) is 49.9 Å². The van der Waals surface area contributed by atoms with Crippen LogP contribution in [0.15, 0.2) is 59.5 Å². The van der Waals surface area contributed by atoms with Gasteiger partial charge in [-0.3, -0.25) is 9.69 Å². The van der Waals surface area contributed by atoms with Gasteiger partial charge >= 0.3 is 12.1 Å². The second-order valence-corrected chi connectivity index (χ2v) is 10.0. The highest BCUT2D eigenvalue weighted by Crippen LogP contribution is 2.36. The topological polar surface area (TPSA) is 113 Å². The number of ether oxygens (including phenoxy) is 1. The zero-order valence-electron chi connectivity index (χ0n) is 17.7. The maximum absolute atomic E-state index is 13.4. The minimum atomic E-state index is -5.28. The van der Waals surface area contributed by atoms with Crippen molar-refractivity contribution in [2.75, 3.05) is 4.90 Å². The molecule has 0 saturated carbocycles. The molecule has 36 heavy (non-hydrogen) atoms. The fourth-order valence-electron chi connectivity index (χ4n) is 3.02.